The Morgan fingerprint density at radius 3 is 2.53 bits per heavy atom. The Labute approximate surface area is 213 Å². The molecule has 0 bridgehead atoms. The third kappa shape index (κ3) is 5.81. The van der Waals surface area contributed by atoms with E-state index >= 15 is 0 Å². The van der Waals surface area contributed by atoms with Crippen molar-refractivity contribution < 1.29 is 33.3 Å². The predicted molar refractivity (Wildman–Crippen MR) is 134 cm³/mol. The molecule has 2 aliphatic rings. The number of nitrogens with one attached hydrogen (secondary N) is 1. The van der Waals surface area contributed by atoms with Crippen molar-refractivity contribution in [1.29, 1.82) is 0 Å². The SMILES string of the molecule is CCCOCCOC(=O)C1=C(C)NC2=C(C(=O)[C@H](C(=O)OC)[C@H](C)C2)[C@H]1c1ccccc1OC(C)C. The van der Waals surface area contributed by atoms with Gasteiger partial charge in [-0.3, -0.25) is 9.59 Å². The van der Waals surface area contributed by atoms with E-state index in [2.05, 4.69) is 5.32 Å². The summed E-state index contributed by atoms with van der Waals surface area (Å²) in [5.74, 6) is -2.86. The van der Waals surface area contributed by atoms with E-state index in [0.29, 0.717) is 46.9 Å². The molecule has 0 saturated heterocycles. The van der Waals surface area contributed by atoms with Crippen molar-refractivity contribution in [2.45, 2.75) is 59.5 Å². The van der Waals surface area contributed by atoms with Gasteiger partial charge in [0, 0.05) is 29.1 Å². The highest BCUT2D eigenvalue weighted by molar-refractivity contribution is 6.12. The number of allylic oxidation sites excluding steroid dienone is 3. The molecule has 0 amide bonds. The molecular formula is C28H37NO7. The first-order valence-electron chi connectivity index (χ1n) is 12.5. The Hall–Kier alpha value is -3.13. The molecule has 8 heteroatoms. The van der Waals surface area contributed by atoms with Crippen LogP contribution in [0.1, 0.15) is 58.9 Å². The van der Waals surface area contributed by atoms with Crippen molar-refractivity contribution >= 4 is 17.7 Å². The number of ether oxygens (including phenoxy) is 4. The number of hydrogen-bond acceptors (Lipinski definition) is 8. The molecule has 0 fully saturated rings. The summed E-state index contributed by atoms with van der Waals surface area (Å²) < 4.78 is 22.1. The molecule has 0 aromatic heterocycles. The van der Waals surface area contributed by atoms with Gasteiger partial charge in [-0.25, -0.2) is 4.79 Å². The summed E-state index contributed by atoms with van der Waals surface area (Å²) in [5.41, 5.74) is 2.67. The highest BCUT2D eigenvalue weighted by Crippen LogP contribution is 2.47. The minimum absolute atomic E-state index is 0.0914. The lowest BCUT2D eigenvalue weighted by Crippen LogP contribution is -2.43. The molecule has 3 rings (SSSR count). The number of carbonyl (C=O) groups is 3. The van der Waals surface area contributed by atoms with Gasteiger partial charge < -0.3 is 24.3 Å². The maximum absolute atomic E-state index is 13.9. The lowest BCUT2D eigenvalue weighted by atomic mass is 9.69. The van der Waals surface area contributed by atoms with Crippen molar-refractivity contribution in [2.24, 2.45) is 11.8 Å². The molecule has 0 unspecified atom stereocenters. The summed E-state index contributed by atoms with van der Waals surface area (Å²) >= 11 is 0. The molecular weight excluding hydrogens is 462 g/mol. The fourth-order valence-electron chi connectivity index (χ4n) is 4.86. The molecule has 1 aromatic carbocycles. The molecule has 1 aliphatic carbocycles. The molecule has 0 saturated carbocycles. The van der Waals surface area contributed by atoms with Gasteiger partial charge in [0.2, 0.25) is 0 Å². The number of dihydropyridines is 1. The molecule has 1 aliphatic heterocycles. The average Bonchev–Trinajstić information content (AvgIpc) is 2.82. The van der Waals surface area contributed by atoms with Crippen LogP contribution in [0.15, 0.2) is 46.8 Å². The van der Waals surface area contributed by atoms with Crippen LogP contribution < -0.4 is 10.1 Å². The number of Topliss-reactive ketones (excluding diaryl/α,β-unsaturated/α-hetero) is 1. The van der Waals surface area contributed by atoms with Crippen molar-refractivity contribution in [3.8, 4) is 5.75 Å². The van der Waals surface area contributed by atoms with E-state index in [-0.39, 0.29) is 31.0 Å². The minimum atomic E-state index is -0.950. The van der Waals surface area contributed by atoms with Crippen molar-refractivity contribution in [3.63, 3.8) is 0 Å². The molecule has 36 heavy (non-hydrogen) atoms. The maximum Gasteiger partial charge on any atom is 0.336 e. The quantitative estimate of drug-likeness (QED) is 0.292. The van der Waals surface area contributed by atoms with Gasteiger partial charge in [-0.1, -0.05) is 32.0 Å². The van der Waals surface area contributed by atoms with E-state index in [1.807, 2.05) is 52.0 Å². The van der Waals surface area contributed by atoms with Crippen LogP contribution in [0.5, 0.6) is 5.75 Å². The van der Waals surface area contributed by atoms with Gasteiger partial charge in [0.05, 0.1) is 31.3 Å². The zero-order valence-corrected chi connectivity index (χ0v) is 22.0. The summed E-state index contributed by atoms with van der Waals surface area (Å²) in [5, 5.41) is 3.27. The van der Waals surface area contributed by atoms with Gasteiger partial charge >= 0.3 is 11.9 Å². The maximum atomic E-state index is 13.9. The van der Waals surface area contributed by atoms with Gasteiger partial charge in [0.1, 0.15) is 18.3 Å². The number of carbonyl (C=O) groups excluding carboxylic acids is 3. The second-order valence-corrected chi connectivity index (χ2v) is 9.49. The fraction of sp³-hybridized carbons (Fsp3) is 0.536. The predicted octanol–water partition coefficient (Wildman–Crippen LogP) is 4.06. The second-order valence-electron chi connectivity index (χ2n) is 9.49. The second kappa shape index (κ2) is 12.2. The zero-order valence-electron chi connectivity index (χ0n) is 22.0. The normalized spacial score (nSPS) is 21.8. The largest absolute Gasteiger partial charge is 0.491 e. The summed E-state index contributed by atoms with van der Waals surface area (Å²) in [6.07, 6.45) is 1.22. The molecule has 1 heterocycles. The summed E-state index contributed by atoms with van der Waals surface area (Å²) in [7, 11) is 1.28. The first kappa shape index (κ1) is 27.5. The summed E-state index contributed by atoms with van der Waals surface area (Å²) in [6.45, 7) is 10.4. The lowest BCUT2D eigenvalue weighted by Gasteiger charge is -2.38. The van der Waals surface area contributed by atoms with Crippen LogP contribution in [0, 0.1) is 11.8 Å². The zero-order chi connectivity index (χ0) is 26.4. The summed E-state index contributed by atoms with van der Waals surface area (Å²) in [4.78, 5) is 39.9. The van der Waals surface area contributed by atoms with Crippen LogP contribution in [0.4, 0.5) is 0 Å². The Bertz CT molecular complexity index is 1060. The van der Waals surface area contributed by atoms with Crippen molar-refractivity contribution in [1.82, 2.24) is 5.32 Å². The average molecular weight is 500 g/mol. The number of esters is 2. The highest BCUT2D eigenvalue weighted by Gasteiger charge is 2.47. The first-order chi connectivity index (χ1) is 17.2. The van der Waals surface area contributed by atoms with E-state index in [4.69, 9.17) is 18.9 Å². The molecule has 8 nitrogen and oxygen atoms in total. The number of hydrogen-bond donors (Lipinski definition) is 1. The van der Waals surface area contributed by atoms with Crippen LogP contribution in [-0.2, 0) is 28.6 Å². The minimum Gasteiger partial charge on any atom is -0.491 e. The standard InChI is InChI=1S/C28H37NO7/c1-7-12-34-13-14-35-28(32)23-18(5)29-20-15-17(4)22(27(31)33-6)26(30)25(20)24(23)19-10-8-9-11-21(19)36-16(2)3/h8-11,16-17,22,24,29H,7,12-15H2,1-6H3/t17-,22-,24+/m1/s1. The van der Waals surface area contributed by atoms with Crippen LogP contribution in [0.3, 0.4) is 0 Å². The summed E-state index contributed by atoms with van der Waals surface area (Å²) in [6, 6.07) is 7.36. The van der Waals surface area contributed by atoms with E-state index in [1.54, 1.807) is 6.92 Å². The van der Waals surface area contributed by atoms with Crippen molar-refractivity contribution in [3.05, 3.63) is 52.4 Å². The van der Waals surface area contributed by atoms with Crippen LogP contribution in [-0.4, -0.2) is 50.8 Å². The van der Waals surface area contributed by atoms with Crippen molar-refractivity contribution in [2.75, 3.05) is 26.9 Å². The molecule has 196 valence electrons. The lowest BCUT2D eigenvalue weighted by molar-refractivity contribution is -0.151. The van der Waals surface area contributed by atoms with Gasteiger partial charge in [-0.2, -0.15) is 0 Å². The van der Waals surface area contributed by atoms with Gasteiger partial charge in [0.15, 0.2) is 5.78 Å². The number of para-hydroxylation sites is 1. The highest BCUT2D eigenvalue weighted by atomic mass is 16.6. The topological polar surface area (TPSA) is 100 Å². The monoisotopic (exact) mass is 499 g/mol. The molecule has 0 radical (unpaired) electrons. The smallest absolute Gasteiger partial charge is 0.336 e. The number of methoxy groups -OCH3 is 1. The Morgan fingerprint density at radius 1 is 1.14 bits per heavy atom. The Kier molecular flexibility index (Phi) is 9.31. The van der Waals surface area contributed by atoms with E-state index in [0.717, 1.165) is 6.42 Å². The number of rotatable bonds is 10. The number of benzene rings is 1. The van der Waals surface area contributed by atoms with Gasteiger partial charge in [0.25, 0.3) is 0 Å². The Balaban J connectivity index is 2.10. The third-order valence-electron chi connectivity index (χ3n) is 6.36. The van der Waals surface area contributed by atoms with Crippen LogP contribution >= 0.6 is 0 Å². The molecule has 0 spiro atoms. The molecule has 3 atom stereocenters. The van der Waals surface area contributed by atoms with E-state index < -0.39 is 23.8 Å². The van der Waals surface area contributed by atoms with E-state index in [1.165, 1.54) is 7.11 Å². The van der Waals surface area contributed by atoms with E-state index in [9.17, 15) is 14.4 Å². The fourth-order valence-corrected chi connectivity index (χ4v) is 4.86. The molecule has 1 N–H and O–H groups in total. The van der Waals surface area contributed by atoms with Crippen LogP contribution in [0.25, 0.3) is 0 Å². The molecule has 1 aromatic rings. The Morgan fingerprint density at radius 2 is 1.86 bits per heavy atom. The number of ketones is 1. The van der Waals surface area contributed by atoms with Crippen LogP contribution in [0.2, 0.25) is 0 Å². The third-order valence-corrected chi connectivity index (χ3v) is 6.36. The van der Waals surface area contributed by atoms with Gasteiger partial charge in [-0.05, 0) is 45.6 Å². The van der Waals surface area contributed by atoms with Gasteiger partial charge in [-0.15, -0.1) is 0 Å². The first-order valence-corrected chi connectivity index (χ1v) is 12.5.